The van der Waals surface area contributed by atoms with Crippen LogP contribution >= 0.6 is 11.6 Å². The molecule has 0 saturated carbocycles. The first-order valence-corrected chi connectivity index (χ1v) is 9.33. The lowest BCUT2D eigenvalue weighted by molar-refractivity contribution is 0.0736. The van der Waals surface area contributed by atoms with Gasteiger partial charge < -0.3 is 20.7 Å². The molecular formula is C20H22ClN3O2. The molecule has 0 aromatic heterocycles. The summed E-state index contributed by atoms with van der Waals surface area (Å²) >= 11 is 6.40. The summed E-state index contributed by atoms with van der Waals surface area (Å²) < 4.78 is 5.78. The molecule has 136 valence electrons. The summed E-state index contributed by atoms with van der Waals surface area (Å²) in [6, 6.07) is 11.7. The zero-order chi connectivity index (χ0) is 18.1. The van der Waals surface area contributed by atoms with Gasteiger partial charge in [-0.05, 0) is 35.4 Å². The number of benzene rings is 2. The summed E-state index contributed by atoms with van der Waals surface area (Å²) in [6.45, 7) is 3.68. The summed E-state index contributed by atoms with van der Waals surface area (Å²) in [5, 5.41) is 3.87. The Kier molecular flexibility index (Phi) is 4.85. The molecule has 2 aromatic carbocycles. The molecule has 1 fully saturated rings. The second-order valence-corrected chi connectivity index (χ2v) is 7.15. The molecule has 26 heavy (non-hydrogen) atoms. The molecular weight excluding hydrogens is 350 g/mol. The lowest BCUT2D eigenvalue weighted by Gasteiger charge is -2.27. The molecule has 3 N–H and O–H groups in total. The number of hydrogen-bond acceptors (Lipinski definition) is 4. The van der Waals surface area contributed by atoms with Gasteiger partial charge in [-0.15, -0.1) is 0 Å². The van der Waals surface area contributed by atoms with Crippen molar-refractivity contribution in [3.63, 3.8) is 0 Å². The minimum atomic E-state index is -0.00298. The molecule has 5 nitrogen and oxygen atoms in total. The van der Waals surface area contributed by atoms with Gasteiger partial charge in [0.2, 0.25) is 0 Å². The van der Waals surface area contributed by atoms with Crippen molar-refractivity contribution in [2.75, 3.05) is 32.7 Å². The molecule has 0 bridgehead atoms. The van der Waals surface area contributed by atoms with Gasteiger partial charge in [-0.2, -0.15) is 0 Å². The fraction of sp³-hybridized carbons (Fsp3) is 0.350. The van der Waals surface area contributed by atoms with Crippen LogP contribution in [0.4, 0.5) is 0 Å². The number of fused-ring (bicyclic) bond motifs is 1. The largest absolute Gasteiger partial charge is 0.487 e. The maximum Gasteiger partial charge on any atom is 0.253 e. The van der Waals surface area contributed by atoms with E-state index in [1.807, 2.05) is 35.2 Å². The van der Waals surface area contributed by atoms with Crippen LogP contribution in [0.5, 0.6) is 5.75 Å². The second kappa shape index (κ2) is 7.27. The Labute approximate surface area is 158 Å². The molecule has 6 heteroatoms. The maximum atomic E-state index is 12.6. The van der Waals surface area contributed by atoms with Crippen LogP contribution in [0.15, 0.2) is 36.4 Å². The first kappa shape index (κ1) is 17.3. The SMILES string of the molecule is NCC1Cc2cc(-c3ccc(C(=O)N4CCNCC4)cc3)cc(Cl)c2O1. The topological polar surface area (TPSA) is 67.6 Å². The van der Waals surface area contributed by atoms with E-state index in [2.05, 4.69) is 11.4 Å². The Morgan fingerprint density at radius 2 is 1.92 bits per heavy atom. The lowest BCUT2D eigenvalue weighted by Crippen LogP contribution is -2.46. The van der Waals surface area contributed by atoms with Crippen LogP contribution in [-0.2, 0) is 6.42 Å². The van der Waals surface area contributed by atoms with Crippen molar-refractivity contribution >= 4 is 17.5 Å². The molecule has 2 aliphatic rings. The number of carbonyl (C=O) groups is 1. The molecule has 0 aliphatic carbocycles. The van der Waals surface area contributed by atoms with Crippen LogP contribution in [0.3, 0.4) is 0 Å². The smallest absolute Gasteiger partial charge is 0.253 e. The molecule has 4 rings (SSSR count). The van der Waals surface area contributed by atoms with E-state index in [0.29, 0.717) is 11.6 Å². The Morgan fingerprint density at radius 3 is 2.62 bits per heavy atom. The lowest BCUT2D eigenvalue weighted by atomic mass is 9.99. The molecule has 0 radical (unpaired) electrons. The predicted octanol–water partition coefficient (Wildman–Crippen LogP) is 2.31. The van der Waals surface area contributed by atoms with Gasteiger partial charge in [0, 0.05) is 50.3 Å². The normalized spacial score (nSPS) is 19.2. The number of carbonyl (C=O) groups excluding carboxylic acids is 1. The summed E-state index contributed by atoms with van der Waals surface area (Å²) in [5.74, 6) is 0.834. The van der Waals surface area contributed by atoms with E-state index < -0.39 is 0 Å². The standard InChI is InChI=1S/C20H22ClN3O2/c21-18-11-15(9-16-10-17(12-22)26-19(16)18)13-1-3-14(4-2-13)20(25)24-7-5-23-6-8-24/h1-4,9,11,17,23H,5-8,10,12,22H2. The summed E-state index contributed by atoms with van der Waals surface area (Å²) in [4.78, 5) is 14.5. The van der Waals surface area contributed by atoms with Crippen molar-refractivity contribution in [1.29, 1.82) is 0 Å². The van der Waals surface area contributed by atoms with E-state index in [4.69, 9.17) is 22.1 Å². The van der Waals surface area contributed by atoms with Gasteiger partial charge in [-0.25, -0.2) is 0 Å². The number of nitrogens with zero attached hydrogens (tertiary/aromatic N) is 1. The van der Waals surface area contributed by atoms with Gasteiger partial charge in [0.05, 0.1) is 5.02 Å². The summed E-state index contributed by atoms with van der Waals surface area (Å²) in [6.07, 6.45) is 0.774. The van der Waals surface area contributed by atoms with Gasteiger partial charge >= 0.3 is 0 Å². The Balaban J connectivity index is 1.56. The number of amides is 1. The van der Waals surface area contributed by atoms with E-state index in [9.17, 15) is 4.79 Å². The van der Waals surface area contributed by atoms with Gasteiger partial charge in [0.15, 0.2) is 0 Å². The van der Waals surface area contributed by atoms with E-state index >= 15 is 0 Å². The highest BCUT2D eigenvalue weighted by Crippen LogP contribution is 2.39. The molecule has 2 heterocycles. The van der Waals surface area contributed by atoms with E-state index in [-0.39, 0.29) is 12.0 Å². The average Bonchev–Trinajstić information content (AvgIpc) is 3.12. The van der Waals surface area contributed by atoms with Crippen molar-refractivity contribution in [3.8, 4) is 16.9 Å². The predicted molar refractivity (Wildman–Crippen MR) is 103 cm³/mol. The molecule has 1 atom stereocenters. The quantitative estimate of drug-likeness (QED) is 0.868. The van der Waals surface area contributed by atoms with E-state index in [1.54, 1.807) is 0 Å². The Morgan fingerprint density at radius 1 is 1.19 bits per heavy atom. The van der Waals surface area contributed by atoms with Gasteiger partial charge in [-0.1, -0.05) is 23.7 Å². The average molecular weight is 372 g/mol. The number of piperazine rings is 1. The Hall–Kier alpha value is -2.08. The van der Waals surface area contributed by atoms with Gasteiger partial charge in [0.1, 0.15) is 11.9 Å². The third-order valence-corrected chi connectivity index (χ3v) is 5.27. The second-order valence-electron chi connectivity index (χ2n) is 6.75. The van der Waals surface area contributed by atoms with Crippen LogP contribution < -0.4 is 15.8 Å². The van der Waals surface area contributed by atoms with Gasteiger partial charge in [0.25, 0.3) is 5.91 Å². The fourth-order valence-corrected chi connectivity index (χ4v) is 3.82. The minimum absolute atomic E-state index is 0.00298. The summed E-state index contributed by atoms with van der Waals surface area (Å²) in [5.41, 5.74) is 9.57. The van der Waals surface area contributed by atoms with E-state index in [0.717, 1.165) is 60.6 Å². The third-order valence-electron chi connectivity index (χ3n) is 4.98. The Bertz CT molecular complexity index is 817. The number of ether oxygens (including phenoxy) is 1. The monoisotopic (exact) mass is 371 g/mol. The van der Waals surface area contributed by atoms with Crippen LogP contribution in [0.25, 0.3) is 11.1 Å². The molecule has 0 spiro atoms. The van der Waals surface area contributed by atoms with Gasteiger partial charge in [-0.3, -0.25) is 4.79 Å². The number of nitrogens with two attached hydrogens (primary N) is 1. The van der Waals surface area contributed by atoms with Crippen LogP contribution in [0.2, 0.25) is 5.02 Å². The van der Waals surface area contributed by atoms with Crippen molar-refractivity contribution in [1.82, 2.24) is 10.2 Å². The first-order chi connectivity index (χ1) is 12.7. The highest BCUT2D eigenvalue weighted by molar-refractivity contribution is 6.32. The highest BCUT2D eigenvalue weighted by Gasteiger charge is 2.25. The zero-order valence-corrected chi connectivity index (χ0v) is 15.3. The zero-order valence-electron chi connectivity index (χ0n) is 14.5. The van der Waals surface area contributed by atoms with E-state index in [1.165, 1.54) is 0 Å². The highest BCUT2D eigenvalue weighted by atomic mass is 35.5. The number of hydrogen-bond donors (Lipinski definition) is 2. The van der Waals surface area contributed by atoms with Crippen molar-refractivity contribution in [2.24, 2.45) is 5.73 Å². The first-order valence-electron chi connectivity index (χ1n) is 8.95. The molecule has 1 saturated heterocycles. The third kappa shape index (κ3) is 3.30. The van der Waals surface area contributed by atoms with Crippen LogP contribution in [0, 0.1) is 0 Å². The number of halogens is 1. The van der Waals surface area contributed by atoms with Crippen molar-refractivity contribution in [2.45, 2.75) is 12.5 Å². The number of rotatable bonds is 3. The minimum Gasteiger partial charge on any atom is -0.487 e. The summed E-state index contributed by atoms with van der Waals surface area (Å²) in [7, 11) is 0. The molecule has 2 aromatic rings. The molecule has 2 aliphatic heterocycles. The van der Waals surface area contributed by atoms with Crippen molar-refractivity contribution < 1.29 is 9.53 Å². The van der Waals surface area contributed by atoms with Crippen molar-refractivity contribution in [3.05, 3.63) is 52.5 Å². The number of nitrogens with one attached hydrogen (secondary N) is 1. The van der Waals surface area contributed by atoms with Crippen LogP contribution in [0.1, 0.15) is 15.9 Å². The molecule has 1 amide bonds. The molecule has 1 unspecified atom stereocenters. The van der Waals surface area contributed by atoms with Crippen LogP contribution in [-0.4, -0.2) is 49.6 Å². The maximum absolute atomic E-state index is 12.6. The fourth-order valence-electron chi connectivity index (χ4n) is 3.54.